The number of rotatable bonds is 2. The van der Waals surface area contributed by atoms with Gasteiger partial charge in [0.25, 0.3) is 10.1 Å². The van der Waals surface area contributed by atoms with Crippen LogP contribution in [-0.2, 0) is 10.1 Å². The lowest BCUT2D eigenvalue weighted by Crippen LogP contribution is -2.09. The zero-order chi connectivity index (χ0) is 10.9. The molecule has 0 spiro atoms. The Balaban J connectivity index is 3.26. The van der Waals surface area contributed by atoms with Crippen molar-refractivity contribution >= 4 is 37.6 Å². The van der Waals surface area contributed by atoms with Gasteiger partial charge in [-0.2, -0.15) is 8.42 Å². The summed E-state index contributed by atoms with van der Waals surface area (Å²) >= 11 is 8.82. The van der Waals surface area contributed by atoms with Crippen LogP contribution in [0.5, 0.6) is 0 Å². The third-order valence-corrected chi connectivity index (χ3v) is 3.61. The molecule has 0 amide bonds. The summed E-state index contributed by atoms with van der Waals surface area (Å²) in [5.74, 6) is 0. The van der Waals surface area contributed by atoms with Crippen LogP contribution in [0.1, 0.15) is 17.7 Å². The molecule has 1 rings (SSSR count). The van der Waals surface area contributed by atoms with Gasteiger partial charge in [-0.05, 0) is 28.9 Å². The van der Waals surface area contributed by atoms with E-state index >= 15 is 0 Å². The van der Waals surface area contributed by atoms with E-state index in [1.807, 2.05) is 0 Å². The lowest BCUT2D eigenvalue weighted by Gasteiger charge is -2.09. The van der Waals surface area contributed by atoms with Crippen LogP contribution in [0.2, 0.25) is 5.15 Å². The topological polar surface area (TPSA) is 67.3 Å². The Morgan fingerprint density at radius 2 is 2.21 bits per heavy atom. The lowest BCUT2D eigenvalue weighted by atomic mass is 10.2. The van der Waals surface area contributed by atoms with Crippen molar-refractivity contribution in [3.05, 3.63) is 27.5 Å². The summed E-state index contributed by atoms with van der Waals surface area (Å²) < 4.78 is 31.1. The first kappa shape index (κ1) is 11.9. The van der Waals surface area contributed by atoms with E-state index in [4.69, 9.17) is 16.2 Å². The summed E-state index contributed by atoms with van der Waals surface area (Å²) in [7, 11) is -4.14. The number of hydrogen-bond acceptors (Lipinski definition) is 3. The number of nitrogens with zero attached hydrogens (tertiary/aromatic N) is 1. The fourth-order valence-corrected chi connectivity index (χ4v) is 2.07. The second kappa shape index (κ2) is 4.14. The molecule has 0 aliphatic rings. The summed E-state index contributed by atoms with van der Waals surface area (Å²) in [6.07, 6.45) is 1.45. The van der Waals surface area contributed by atoms with Gasteiger partial charge in [-0.1, -0.05) is 11.6 Å². The summed E-state index contributed by atoms with van der Waals surface area (Å²) in [6.45, 7) is 1.34. The average Bonchev–Trinajstić information content (AvgIpc) is 2.06. The van der Waals surface area contributed by atoms with Gasteiger partial charge < -0.3 is 0 Å². The third-order valence-electron chi connectivity index (χ3n) is 1.72. The molecule has 0 radical (unpaired) electrons. The molecule has 0 fully saturated rings. The number of halogens is 2. The maximum atomic E-state index is 10.8. The second-order valence-corrected chi connectivity index (χ2v) is 5.70. The SMILES string of the molecule is CC(c1cc(Br)cnc1Cl)S(=O)(=O)O. The normalized spacial score (nSPS) is 14.0. The molecule has 78 valence electrons. The van der Waals surface area contributed by atoms with Crippen molar-refractivity contribution in [2.75, 3.05) is 0 Å². The average molecular weight is 301 g/mol. The molecule has 0 aliphatic heterocycles. The van der Waals surface area contributed by atoms with Crippen molar-refractivity contribution < 1.29 is 13.0 Å². The second-order valence-electron chi connectivity index (χ2n) is 2.69. The van der Waals surface area contributed by atoms with Crippen LogP contribution < -0.4 is 0 Å². The highest BCUT2D eigenvalue weighted by Crippen LogP contribution is 2.28. The van der Waals surface area contributed by atoms with Gasteiger partial charge >= 0.3 is 0 Å². The molecule has 1 aromatic rings. The smallest absolute Gasteiger partial charge is 0.271 e. The van der Waals surface area contributed by atoms with Crippen molar-refractivity contribution in [1.82, 2.24) is 4.98 Å². The molecule has 1 heterocycles. The van der Waals surface area contributed by atoms with Crippen molar-refractivity contribution in [1.29, 1.82) is 0 Å². The first-order valence-electron chi connectivity index (χ1n) is 3.59. The molecule has 0 aliphatic carbocycles. The molecule has 0 aromatic carbocycles. The highest BCUT2D eigenvalue weighted by Gasteiger charge is 2.22. The van der Waals surface area contributed by atoms with Gasteiger partial charge in [-0.3, -0.25) is 4.55 Å². The van der Waals surface area contributed by atoms with Gasteiger partial charge in [0.05, 0.1) is 0 Å². The lowest BCUT2D eigenvalue weighted by molar-refractivity contribution is 0.472. The van der Waals surface area contributed by atoms with Crippen LogP contribution in [0.15, 0.2) is 16.7 Å². The Morgan fingerprint density at radius 1 is 1.64 bits per heavy atom. The largest absolute Gasteiger partial charge is 0.285 e. The molecule has 0 saturated carbocycles. The first-order chi connectivity index (χ1) is 6.32. The molecule has 1 aromatic heterocycles. The first-order valence-corrected chi connectivity index (χ1v) is 6.27. The van der Waals surface area contributed by atoms with Crippen LogP contribution in [0, 0.1) is 0 Å². The third kappa shape index (κ3) is 2.66. The number of pyridine rings is 1. The molecule has 4 nitrogen and oxygen atoms in total. The van der Waals surface area contributed by atoms with E-state index in [0.717, 1.165) is 0 Å². The maximum absolute atomic E-state index is 10.8. The Hall–Kier alpha value is -0.170. The highest BCUT2D eigenvalue weighted by molar-refractivity contribution is 9.10. The van der Waals surface area contributed by atoms with Crippen LogP contribution in [0.25, 0.3) is 0 Å². The molecule has 1 N–H and O–H groups in total. The zero-order valence-electron chi connectivity index (χ0n) is 7.11. The minimum Gasteiger partial charge on any atom is -0.285 e. The van der Waals surface area contributed by atoms with Crippen LogP contribution in [-0.4, -0.2) is 18.0 Å². The Morgan fingerprint density at radius 3 is 2.71 bits per heavy atom. The summed E-state index contributed by atoms with van der Waals surface area (Å²) in [4.78, 5) is 3.76. The molecule has 0 bridgehead atoms. The molecule has 1 atom stereocenters. The van der Waals surface area contributed by atoms with Gasteiger partial charge in [0.15, 0.2) is 0 Å². The predicted molar refractivity (Wildman–Crippen MR) is 56.9 cm³/mol. The summed E-state index contributed by atoms with van der Waals surface area (Å²) in [5, 5.41) is -1.02. The van der Waals surface area contributed by atoms with E-state index in [1.54, 1.807) is 0 Å². The van der Waals surface area contributed by atoms with Gasteiger partial charge in [-0.15, -0.1) is 0 Å². The van der Waals surface area contributed by atoms with Gasteiger partial charge in [0, 0.05) is 16.2 Å². The van der Waals surface area contributed by atoms with E-state index in [1.165, 1.54) is 19.2 Å². The Labute approximate surface area is 95.2 Å². The fourth-order valence-electron chi connectivity index (χ4n) is 0.884. The minimum absolute atomic E-state index is 0.0679. The standard InChI is InChI=1S/C7H7BrClNO3S/c1-4(14(11,12)13)6-2-5(8)3-10-7(6)9/h2-4H,1H3,(H,11,12,13). The van der Waals surface area contributed by atoms with E-state index in [9.17, 15) is 8.42 Å². The quantitative estimate of drug-likeness (QED) is 0.673. The molecule has 0 saturated heterocycles. The molecule has 7 heteroatoms. The van der Waals surface area contributed by atoms with Crippen LogP contribution in [0.3, 0.4) is 0 Å². The molecular formula is C7H7BrClNO3S. The van der Waals surface area contributed by atoms with E-state index < -0.39 is 15.4 Å². The molecule has 14 heavy (non-hydrogen) atoms. The van der Waals surface area contributed by atoms with Crippen molar-refractivity contribution in [3.8, 4) is 0 Å². The summed E-state index contributed by atoms with van der Waals surface area (Å²) in [5.41, 5.74) is 0.267. The van der Waals surface area contributed by atoms with Crippen molar-refractivity contribution in [2.45, 2.75) is 12.2 Å². The fraction of sp³-hybridized carbons (Fsp3) is 0.286. The maximum Gasteiger partial charge on any atom is 0.271 e. The Bertz CT molecular complexity index is 448. The zero-order valence-corrected chi connectivity index (χ0v) is 10.3. The van der Waals surface area contributed by atoms with Gasteiger partial charge in [0.2, 0.25) is 0 Å². The van der Waals surface area contributed by atoms with Crippen molar-refractivity contribution in [2.24, 2.45) is 0 Å². The number of hydrogen-bond donors (Lipinski definition) is 1. The van der Waals surface area contributed by atoms with E-state index in [-0.39, 0.29) is 10.7 Å². The minimum atomic E-state index is -4.14. The Kier molecular flexibility index (Phi) is 3.52. The van der Waals surface area contributed by atoms with Crippen LogP contribution in [0.4, 0.5) is 0 Å². The molecular weight excluding hydrogens is 294 g/mol. The van der Waals surface area contributed by atoms with E-state index in [0.29, 0.717) is 4.47 Å². The van der Waals surface area contributed by atoms with Crippen LogP contribution >= 0.6 is 27.5 Å². The van der Waals surface area contributed by atoms with E-state index in [2.05, 4.69) is 20.9 Å². The van der Waals surface area contributed by atoms with Gasteiger partial charge in [-0.25, -0.2) is 4.98 Å². The molecule has 1 unspecified atom stereocenters. The summed E-state index contributed by atoms with van der Waals surface area (Å²) in [6, 6.07) is 1.51. The number of aromatic nitrogens is 1. The van der Waals surface area contributed by atoms with Crippen molar-refractivity contribution in [3.63, 3.8) is 0 Å². The van der Waals surface area contributed by atoms with Gasteiger partial charge in [0.1, 0.15) is 10.4 Å². The highest BCUT2D eigenvalue weighted by atomic mass is 79.9. The predicted octanol–water partition coefficient (Wildman–Crippen LogP) is 2.45. The monoisotopic (exact) mass is 299 g/mol.